The van der Waals surface area contributed by atoms with Gasteiger partial charge in [-0.2, -0.15) is 0 Å². The molecular formula is C14H18N4. The van der Waals surface area contributed by atoms with E-state index in [4.69, 9.17) is 4.98 Å². The van der Waals surface area contributed by atoms with E-state index in [-0.39, 0.29) is 5.41 Å². The van der Waals surface area contributed by atoms with Gasteiger partial charge in [-0.05, 0) is 38.9 Å². The molecule has 2 N–H and O–H groups in total. The van der Waals surface area contributed by atoms with Gasteiger partial charge < -0.3 is 10.3 Å². The largest absolute Gasteiger partial charge is 0.345 e. The summed E-state index contributed by atoms with van der Waals surface area (Å²) in [6.45, 7) is 3.08. The third-order valence-corrected chi connectivity index (χ3v) is 3.71. The van der Waals surface area contributed by atoms with E-state index in [2.05, 4.69) is 22.2 Å². The molecule has 0 bridgehead atoms. The van der Waals surface area contributed by atoms with Crippen LogP contribution in [0.4, 0.5) is 0 Å². The third kappa shape index (κ3) is 1.82. The molecular weight excluding hydrogens is 224 g/mol. The van der Waals surface area contributed by atoms with Crippen molar-refractivity contribution in [3.8, 4) is 11.3 Å². The fourth-order valence-electron chi connectivity index (χ4n) is 2.49. The monoisotopic (exact) mass is 242 g/mol. The Kier molecular flexibility index (Phi) is 2.67. The first-order valence-electron chi connectivity index (χ1n) is 6.37. The first-order chi connectivity index (χ1) is 8.75. The van der Waals surface area contributed by atoms with E-state index in [0.717, 1.165) is 29.3 Å². The van der Waals surface area contributed by atoms with E-state index in [1.165, 1.54) is 12.8 Å². The summed E-state index contributed by atoms with van der Waals surface area (Å²) in [5, 5.41) is 3.27. The van der Waals surface area contributed by atoms with Gasteiger partial charge in [-0.25, -0.2) is 4.98 Å². The average Bonchev–Trinajstić information content (AvgIpc) is 3.06. The Balaban J connectivity index is 1.97. The molecule has 0 radical (unpaired) electrons. The van der Waals surface area contributed by atoms with E-state index in [9.17, 15) is 0 Å². The number of likely N-dealkylation sites (N-methyl/N-ethyl adjacent to an activating group) is 1. The van der Waals surface area contributed by atoms with Crippen LogP contribution in [0.25, 0.3) is 11.3 Å². The van der Waals surface area contributed by atoms with Crippen LogP contribution in [-0.2, 0) is 5.41 Å². The zero-order valence-electron chi connectivity index (χ0n) is 10.8. The van der Waals surface area contributed by atoms with Crippen LogP contribution in [0, 0.1) is 6.92 Å². The number of imidazole rings is 1. The molecule has 0 aromatic carbocycles. The summed E-state index contributed by atoms with van der Waals surface area (Å²) >= 11 is 0. The fraction of sp³-hybridized carbons (Fsp3) is 0.429. The van der Waals surface area contributed by atoms with E-state index < -0.39 is 0 Å². The second-order valence-electron chi connectivity index (χ2n) is 5.11. The number of nitrogens with one attached hydrogen (secondary N) is 2. The number of nitrogens with zero attached hydrogens (tertiary/aromatic N) is 2. The number of aryl methyl sites for hydroxylation is 1. The minimum absolute atomic E-state index is 0.241. The summed E-state index contributed by atoms with van der Waals surface area (Å²) < 4.78 is 0. The number of rotatable bonds is 4. The van der Waals surface area contributed by atoms with Crippen molar-refractivity contribution in [2.24, 2.45) is 0 Å². The van der Waals surface area contributed by atoms with Crippen molar-refractivity contribution in [1.82, 2.24) is 20.3 Å². The summed E-state index contributed by atoms with van der Waals surface area (Å²) in [5.41, 5.74) is 3.56. The molecule has 1 fully saturated rings. The quantitative estimate of drug-likeness (QED) is 0.862. The Bertz CT molecular complexity index is 540. The van der Waals surface area contributed by atoms with Crippen molar-refractivity contribution >= 4 is 0 Å². The Morgan fingerprint density at radius 2 is 2.06 bits per heavy atom. The molecule has 4 nitrogen and oxygen atoms in total. The van der Waals surface area contributed by atoms with Crippen LogP contribution in [0.5, 0.6) is 0 Å². The van der Waals surface area contributed by atoms with E-state index in [1.54, 1.807) is 0 Å². The zero-order valence-corrected chi connectivity index (χ0v) is 10.8. The topological polar surface area (TPSA) is 53.6 Å². The Morgan fingerprint density at radius 3 is 2.67 bits per heavy atom. The molecule has 4 heteroatoms. The molecule has 2 heterocycles. The smallest absolute Gasteiger partial charge is 0.114 e. The highest BCUT2D eigenvalue weighted by Gasteiger charge is 2.46. The van der Waals surface area contributed by atoms with Crippen LogP contribution >= 0.6 is 0 Å². The van der Waals surface area contributed by atoms with Crippen molar-refractivity contribution in [3.05, 3.63) is 36.0 Å². The fourth-order valence-corrected chi connectivity index (χ4v) is 2.49. The van der Waals surface area contributed by atoms with Gasteiger partial charge in [-0.15, -0.1) is 0 Å². The van der Waals surface area contributed by atoms with Crippen LogP contribution in [0.1, 0.15) is 24.4 Å². The summed E-state index contributed by atoms with van der Waals surface area (Å²) in [6.07, 6.45) is 6.06. The normalized spacial score (nSPS) is 16.8. The van der Waals surface area contributed by atoms with Crippen LogP contribution in [0.2, 0.25) is 0 Å². The van der Waals surface area contributed by atoms with Crippen molar-refractivity contribution in [1.29, 1.82) is 0 Å². The summed E-state index contributed by atoms with van der Waals surface area (Å²) in [4.78, 5) is 12.3. The van der Waals surface area contributed by atoms with E-state index in [1.807, 2.05) is 31.6 Å². The molecule has 0 unspecified atom stereocenters. The maximum absolute atomic E-state index is 4.81. The second-order valence-corrected chi connectivity index (χ2v) is 5.11. The highest BCUT2D eigenvalue weighted by atomic mass is 15.0. The Hall–Kier alpha value is -1.68. The predicted octanol–water partition coefficient (Wildman–Crippen LogP) is 2.03. The highest BCUT2D eigenvalue weighted by molar-refractivity contribution is 5.61. The van der Waals surface area contributed by atoms with Gasteiger partial charge in [0.15, 0.2) is 0 Å². The minimum Gasteiger partial charge on any atom is -0.345 e. The zero-order chi connectivity index (χ0) is 12.6. The average molecular weight is 242 g/mol. The molecule has 18 heavy (non-hydrogen) atoms. The van der Waals surface area contributed by atoms with E-state index in [0.29, 0.717) is 0 Å². The van der Waals surface area contributed by atoms with Crippen LogP contribution in [-0.4, -0.2) is 28.5 Å². The van der Waals surface area contributed by atoms with Crippen LogP contribution < -0.4 is 5.32 Å². The van der Waals surface area contributed by atoms with Crippen molar-refractivity contribution < 1.29 is 0 Å². The molecule has 2 aromatic rings. The van der Waals surface area contributed by atoms with Gasteiger partial charge in [0.1, 0.15) is 5.82 Å². The second kappa shape index (κ2) is 4.21. The number of aromatic amines is 1. The van der Waals surface area contributed by atoms with Gasteiger partial charge in [0.05, 0.1) is 5.69 Å². The van der Waals surface area contributed by atoms with Gasteiger partial charge >= 0.3 is 0 Å². The lowest BCUT2D eigenvalue weighted by Crippen LogP contribution is -2.24. The molecule has 0 saturated heterocycles. The molecule has 0 aliphatic heterocycles. The van der Waals surface area contributed by atoms with Gasteiger partial charge in [-0.1, -0.05) is 0 Å². The molecule has 0 spiro atoms. The molecule has 2 aromatic heterocycles. The number of H-pyrrole nitrogens is 1. The third-order valence-electron chi connectivity index (χ3n) is 3.71. The molecule has 0 amide bonds. The summed E-state index contributed by atoms with van der Waals surface area (Å²) in [6, 6.07) is 4.01. The van der Waals surface area contributed by atoms with Gasteiger partial charge in [0.25, 0.3) is 0 Å². The first-order valence-corrected chi connectivity index (χ1v) is 6.37. The van der Waals surface area contributed by atoms with Crippen molar-refractivity contribution in [3.63, 3.8) is 0 Å². The highest BCUT2D eigenvalue weighted by Crippen LogP contribution is 2.46. The maximum Gasteiger partial charge on any atom is 0.114 e. The van der Waals surface area contributed by atoms with Gasteiger partial charge in [0, 0.05) is 35.6 Å². The lowest BCUT2D eigenvalue weighted by Gasteiger charge is -2.10. The summed E-state index contributed by atoms with van der Waals surface area (Å²) in [7, 11) is 2.00. The van der Waals surface area contributed by atoms with Gasteiger partial charge in [0.2, 0.25) is 0 Å². The first kappa shape index (κ1) is 11.4. The van der Waals surface area contributed by atoms with Crippen LogP contribution in [0.15, 0.2) is 24.5 Å². The molecule has 94 valence electrons. The Morgan fingerprint density at radius 1 is 1.33 bits per heavy atom. The summed E-state index contributed by atoms with van der Waals surface area (Å²) in [5.74, 6) is 1.13. The standard InChI is InChI=1S/C14H18N4/c1-10-12(11-3-7-16-8-4-11)18-13(17-10)14(5-6-14)9-15-2/h3-4,7-8,15H,5-6,9H2,1-2H3,(H,17,18). The minimum atomic E-state index is 0.241. The van der Waals surface area contributed by atoms with Crippen molar-refractivity contribution in [2.75, 3.05) is 13.6 Å². The number of hydrogen-bond donors (Lipinski definition) is 2. The Labute approximate surface area is 107 Å². The molecule has 1 aliphatic carbocycles. The van der Waals surface area contributed by atoms with Crippen molar-refractivity contribution in [2.45, 2.75) is 25.2 Å². The molecule has 3 rings (SSSR count). The predicted molar refractivity (Wildman–Crippen MR) is 71.4 cm³/mol. The molecule has 1 aliphatic rings. The number of pyridine rings is 1. The van der Waals surface area contributed by atoms with Gasteiger partial charge in [-0.3, -0.25) is 4.98 Å². The number of hydrogen-bond acceptors (Lipinski definition) is 3. The van der Waals surface area contributed by atoms with Crippen LogP contribution in [0.3, 0.4) is 0 Å². The number of aromatic nitrogens is 3. The molecule has 1 saturated carbocycles. The SMILES string of the molecule is CNCC1(c2nc(-c3ccncc3)c(C)[nH]2)CC1. The molecule has 0 atom stereocenters. The lowest BCUT2D eigenvalue weighted by molar-refractivity contribution is 0.593. The maximum atomic E-state index is 4.81. The lowest BCUT2D eigenvalue weighted by atomic mass is 10.1. The van der Waals surface area contributed by atoms with E-state index >= 15 is 0 Å².